The molecule has 0 aliphatic carbocycles. The molecule has 1 aromatic rings. The number of likely N-dealkylation sites (tertiary alicyclic amines) is 1. The van der Waals surface area contributed by atoms with Crippen molar-refractivity contribution in [3.05, 3.63) is 29.8 Å². The van der Waals surface area contributed by atoms with Crippen molar-refractivity contribution in [1.82, 2.24) is 15.5 Å². The zero-order valence-electron chi connectivity index (χ0n) is 14.0. The van der Waals surface area contributed by atoms with Gasteiger partial charge in [-0.05, 0) is 24.1 Å². The van der Waals surface area contributed by atoms with Crippen molar-refractivity contribution in [2.24, 2.45) is 0 Å². The predicted octanol–water partition coefficient (Wildman–Crippen LogP) is 0.0909. The molecule has 0 saturated carbocycles. The number of nitrogens with zero attached hydrogens (tertiary/aromatic N) is 1. The summed E-state index contributed by atoms with van der Waals surface area (Å²) in [6.07, 6.45) is 1.05. The molecule has 1 aliphatic heterocycles. The Kier molecular flexibility index (Phi) is 6.17. The SMILES string of the molecule is COc1ccc(CCN2C[C@H](NC(=O)CNC(C)=O)CC2=O)cc1. The minimum Gasteiger partial charge on any atom is -0.497 e. The maximum Gasteiger partial charge on any atom is 0.239 e. The Hall–Kier alpha value is -2.57. The van der Waals surface area contributed by atoms with Crippen LogP contribution in [0.5, 0.6) is 5.75 Å². The average Bonchev–Trinajstić information content (AvgIpc) is 2.91. The zero-order chi connectivity index (χ0) is 17.5. The Balaban J connectivity index is 1.77. The van der Waals surface area contributed by atoms with Gasteiger partial charge in [0, 0.05) is 26.4 Å². The van der Waals surface area contributed by atoms with Gasteiger partial charge in [-0.15, -0.1) is 0 Å². The highest BCUT2D eigenvalue weighted by Crippen LogP contribution is 2.15. The summed E-state index contributed by atoms with van der Waals surface area (Å²) in [4.78, 5) is 36.3. The standard InChI is InChI=1S/C17H23N3O4/c1-12(21)18-10-16(22)19-14-9-17(23)20(11-14)8-7-13-3-5-15(24-2)6-4-13/h3-6,14H,7-11H2,1-2H3,(H,18,21)(H,19,22)/t14-/m1/s1. The number of benzene rings is 1. The first-order valence-corrected chi connectivity index (χ1v) is 7.92. The van der Waals surface area contributed by atoms with Gasteiger partial charge < -0.3 is 20.3 Å². The molecule has 130 valence electrons. The Morgan fingerprint density at radius 3 is 2.62 bits per heavy atom. The largest absolute Gasteiger partial charge is 0.497 e. The molecule has 1 atom stereocenters. The molecule has 0 bridgehead atoms. The first-order valence-electron chi connectivity index (χ1n) is 7.92. The highest BCUT2D eigenvalue weighted by atomic mass is 16.5. The minimum atomic E-state index is -0.278. The molecule has 24 heavy (non-hydrogen) atoms. The van der Waals surface area contributed by atoms with Gasteiger partial charge in [-0.25, -0.2) is 0 Å². The molecule has 1 aliphatic rings. The van der Waals surface area contributed by atoms with E-state index in [4.69, 9.17) is 4.74 Å². The van der Waals surface area contributed by atoms with Crippen molar-refractivity contribution in [2.45, 2.75) is 25.8 Å². The minimum absolute atomic E-state index is 0.0355. The molecule has 3 amide bonds. The summed E-state index contributed by atoms with van der Waals surface area (Å²) < 4.78 is 5.12. The molecule has 1 aromatic carbocycles. The van der Waals surface area contributed by atoms with Crippen molar-refractivity contribution >= 4 is 17.7 Å². The number of carbonyl (C=O) groups is 3. The van der Waals surface area contributed by atoms with Crippen molar-refractivity contribution in [2.75, 3.05) is 26.7 Å². The lowest BCUT2D eigenvalue weighted by Crippen LogP contribution is -2.42. The van der Waals surface area contributed by atoms with Crippen LogP contribution in [0.25, 0.3) is 0 Å². The quantitative estimate of drug-likeness (QED) is 0.740. The third kappa shape index (κ3) is 5.26. The van der Waals surface area contributed by atoms with E-state index in [2.05, 4.69) is 10.6 Å². The molecule has 1 saturated heterocycles. The van der Waals surface area contributed by atoms with Crippen LogP contribution in [0.15, 0.2) is 24.3 Å². The van der Waals surface area contributed by atoms with E-state index < -0.39 is 0 Å². The second-order valence-corrected chi connectivity index (χ2v) is 5.82. The first-order chi connectivity index (χ1) is 11.5. The average molecular weight is 333 g/mol. The van der Waals surface area contributed by atoms with Crippen molar-refractivity contribution in [3.63, 3.8) is 0 Å². The lowest BCUT2D eigenvalue weighted by atomic mass is 10.1. The Labute approximate surface area is 141 Å². The summed E-state index contributed by atoms with van der Waals surface area (Å²) >= 11 is 0. The van der Waals surface area contributed by atoms with E-state index in [0.717, 1.165) is 17.7 Å². The van der Waals surface area contributed by atoms with E-state index in [1.807, 2.05) is 24.3 Å². The number of hydrogen-bond donors (Lipinski definition) is 2. The molecular formula is C17H23N3O4. The van der Waals surface area contributed by atoms with Gasteiger partial charge in [0.1, 0.15) is 5.75 Å². The van der Waals surface area contributed by atoms with Crippen LogP contribution in [-0.4, -0.2) is 55.4 Å². The van der Waals surface area contributed by atoms with Crippen molar-refractivity contribution in [1.29, 1.82) is 0 Å². The fourth-order valence-electron chi connectivity index (χ4n) is 2.62. The number of hydrogen-bond acceptors (Lipinski definition) is 4. The Morgan fingerprint density at radius 1 is 1.29 bits per heavy atom. The fourth-order valence-corrected chi connectivity index (χ4v) is 2.62. The van der Waals surface area contributed by atoms with Gasteiger partial charge in [0.05, 0.1) is 19.7 Å². The number of nitrogens with one attached hydrogen (secondary N) is 2. The summed E-state index contributed by atoms with van der Waals surface area (Å²) in [6.45, 7) is 2.41. The Bertz CT molecular complexity index is 600. The molecule has 0 unspecified atom stereocenters. The number of methoxy groups -OCH3 is 1. The number of amides is 3. The maximum atomic E-state index is 12.0. The lowest BCUT2D eigenvalue weighted by molar-refractivity contribution is -0.127. The van der Waals surface area contributed by atoms with Gasteiger partial charge in [0.15, 0.2) is 0 Å². The molecule has 2 rings (SSSR count). The van der Waals surface area contributed by atoms with Gasteiger partial charge in [-0.3, -0.25) is 14.4 Å². The zero-order valence-corrected chi connectivity index (χ0v) is 14.0. The second kappa shape index (κ2) is 8.33. The number of rotatable bonds is 7. The molecule has 0 spiro atoms. The fraction of sp³-hybridized carbons (Fsp3) is 0.471. The van der Waals surface area contributed by atoms with Crippen LogP contribution in [-0.2, 0) is 20.8 Å². The summed E-state index contributed by atoms with van der Waals surface area (Å²) in [5, 5.41) is 5.21. The molecule has 0 radical (unpaired) electrons. The highest BCUT2D eigenvalue weighted by Gasteiger charge is 2.30. The molecule has 7 heteroatoms. The number of ether oxygens (including phenoxy) is 1. The third-order valence-corrected chi connectivity index (χ3v) is 3.91. The van der Waals surface area contributed by atoms with E-state index in [1.165, 1.54) is 6.92 Å². The summed E-state index contributed by atoms with van der Waals surface area (Å²) in [7, 11) is 1.62. The third-order valence-electron chi connectivity index (χ3n) is 3.91. The topological polar surface area (TPSA) is 87.7 Å². The molecule has 1 heterocycles. The van der Waals surface area contributed by atoms with Gasteiger partial charge in [-0.2, -0.15) is 0 Å². The maximum absolute atomic E-state index is 12.0. The molecule has 2 N–H and O–H groups in total. The van der Waals surface area contributed by atoms with Crippen LogP contribution >= 0.6 is 0 Å². The van der Waals surface area contributed by atoms with Crippen molar-refractivity contribution in [3.8, 4) is 5.75 Å². The van der Waals surface area contributed by atoms with Crippen LogP contribution in [0.3, 0.4) is 0 Å². The van der Waals surface area contributed by atoms with Gasteiger partial charge in [-0.1, -0.05) is 12.1 Å². The van der Waals surface area contributed by atoms with E-state index in [-0.39, 0.29) is 30.3 Å². The van der Waals surface area contributed by atoms with Crippen LogP contribution < -0.4 is 15.4 Å². The van der Waals surface area contributed by atoms with Crippen LogP contribution in [0.2, 0.25) is 0 Å². The normalized spacial score (nSPS) is 16.8. The molecule has 1 fully saturated rings. The number of carbonyl (C=O) groups excluding carboxylic acids is 3. The smallest absolute Gasteiger partial charge is 0.239 e. The second-order valence-electron chi connectivity index (χ2n) is 5.82. The highest BCUT2D eigenvalue weighted by molar-refractivity contribution is 5.85. The molecule has 7 nitrogen and oxygen atoms in total. The van der Waals surface area contributed by atoms with Crippen LogP contribution in [0, 0.1) is 0 Å². The van der Waals surface area contributed by atoms with Gasteiger partial charge in [0.2, 0.25) is 17.7 Å². The van der Waals surface area contributed by atoms with E-state index in [9.17, 15) is 14.4 Å². The van der Waals surface area contributed by atoms with Crippen molar-refractivity contribution < 1.29 is 19.1 Å². The van der Waals surface area contributed by atoms with Gasteiger partial charge in [0.25, 0.3) is 0 Å². The molecule has 0 aromatic heterocycles. The van der Waals surface area contributed by atoms with Crippen LogP contribution in [0.1, 0.15) is 18.9 Å². The molecular weight excluding hydrogens is 310 g/mol. The summed E-state index contributed by atoms with van der Waals surface area (Å²) in [5.74, 6) is 0.306. The van der Waals surface area contributed by atoms with E-state index in [1.54, 1.807) is 12.0 Å². The predicted molar refractivity (Wildman–Crippen MR) is 88.5 cm³/mol. The Morgan fingerprint density at radius 2 is 2.00 bits per heavy atom. The van der Waals surface area contributed by atoms with E-state index in [0.29, 0.717) is 19.5 Å². The summed E-state index contributed by atoms with van der Waals surface area (Å²) in [5.41, 5.74) is 1.13. The monoisotopic (exact) mass is 333 g/mol. The first kappa shape index (κ1) is 17.8. The van der Waals surface area contributed by atoms with Gasteiger partial charge >= 0.3 is 0 Å². The lowest BCUT2D eigenvalue weighted by Gasteiger charge is -2.17. The van der Waals surface area contributed by atoms with E-state index >= 15 is 0 Å². The summed E-state index contributed by atoms with van der Waals surface area (Å²) in [6, 6.07) is 7.55. The van der Waals surface area contributed by atoms with Crippen LogP contribution in [0.4, 0.5) is 0 Å².